The highest BCUT2D eigenvalue weighted by Crippen LogP contribution is 2.39. The second kappa shape index (κ2) is 6.30. The average molecular weight is 343 g/mol. The van der Waals surface area contributed by atoms with Crippen LogP contribution >= 0.6 is 0 Å². The van der Waals surface area contributed by atoms with Crippen LogP contribution in [0.25, 0.3) is 0 Å². The lowest BCUT2D eigenvalue weighted by molar-refractivity contribution is -0.146. The Morgan fingerprint density at radius 3 is 2.16 bits per heavy atom. The van der Waals surface area contributed by atoms with Crippen molar-refractivity contribution in [1.82, 2.24) is 5.32 Å². The van der Waals surface area contributed by atoms with Gasteiger partial charge in [0.1, 0.15) is 5.92 Å². The molecule has 1 aromatic rings. The Morgan fingerprint density at radius 1 is 1.08 bits per heavy atom. The summed E-state index contributed by atoms with van der Waals surface area (Å²) in [6.07, 6.45) is 2.58. The molecule has 1 fully saturated rings. The number of rotatable bonds is 4. The summed E-state index contributed by atoms with van der Waals surface area (Å²) in [4.78, 5) is 24.2. The number of ether oxygens (including phenoxy) is 1. The van der Waals surface area contributed by atoms with Crippen LogP contribution in [0.1, 0.15) is 44.9 Å². The SMILES string of the molecule is C[C@H](NC(=O)[C@@H]1[C@@H](C(=O)O)[C@H]2C=C[C@H]1O2)c1ccc(C(C)(C)C)cc1. The molecule has 0 saturated carbocycles. The molecule has 1 amide bonds. The Morgan fingerprint density at radius 2 is 1.64 bits per heavy atom. The molecule has 2 N–H and O–H groups in total. The Balaban J connectivity index is 1.70. The van der Waals surface area contributed by atoms with Crippen LogP contribution in [0.3, 0.4) is 0 Å². The van der Waals surface area contributed by atoms with Gasteiger partial charge in [-0.15, -0.1) is 0 Å². The van der Waals surface area contributed by atoms with E-state index in [4.69, 9.17) is 4.74 Å². The van der Waals surface area contributed by atoms with Crippen molar-refractivity contribution in [2.75, 3.05) is 0 Å². The molecule has 0 aromatic heterocycles. The summed E-state index contributed by atoms with van der Waals surface area (Å²) in [7, 11) is 0. The number of carbonyl (C=O) groups excluding carboxylic acids is 1. The van der Waals surface area contributed by atoms with Crippen molar-refractivity contribution in [2.45, 2.75) is 51.4 Å². The second-order valence-electron chi connectivity index (χ2n) is 7.94. The molecule has 25 heavy (non-hydrogen) atoms. The van der Waals surface area contributed by atoms with E-state index in [1.807, 2.05) is 19.1 Å². The van der Waals surface area contributed by atoms with Crippen molar-refractivity contribution in [1.29, 1.82) is 0 Å². The van der Waals surface area contributed by atoms with Crippen LogP contribution in [-0.4, -0.2) is 29.2 Å². The molecular weight excluding hydrogens is 318 g/mol. The van der Waals surface area contributed by atoms with Gasteiger partial charge in [-0.2, -0.15) is 0 Å². The predicted molar refractivity (Wildman–Crippen MR) is 94.1 cm³/mol. The first-order valence-electron chi connectivity index (χ1n) is 8.66. The van der Waals surface area contributed by atoms with E-state index >= 15 is 0 Å². The summed E-state index contributed by atoms with van der Waals surface area (Å²) >= 11 is 0. The summed E-state index contributed by atoms with van der Waals surface area (Å²) in [6.45, 7) is 8.37. The molecular formula is C20H25NO4. The van der Waals surface area contributed by atoms with Gasteiger partial charge in [-0.1, -0.05) is 57.2 Å². The van der Waals surface area contributed by atoms with Gasteiger partial charge in [-0.3, -0.25) is 9.59 Å². The van der Waals surface area contributed by atoms with Crippen molar-refractivity contribution >= 4 is 11.9 Å². The number of carboxylic acids is 1. The van der Waals surface area contributed by atoms with Crippen molar-refractivity contribution < 1.29 is 19.4 Å². The molecule has 2 aliphatic rings. The summed E-state index contributed by atoms with van der Waals surface area (Å²) < 4.78 is 5.57. The van der Waals surface area contributed by atoms with Gasteiger partial charge in [-0.25, -0.2) is 0 Å². The zero-order chi connectivity index (χ0) is 18.4. The maximum absolute atomic E-state index is 12.7. The van der Waals surface area contributed by atoms with Gasteiger partial charge >= 0.3 is 5.97 Å². The van der Waals surface area contributed by atoms with Crippen LogP contribution in [0, 0.1) is 11.8 Å². The molecule has 0 aliphatic carbocycles. The molecule has 1 saturated heterocycles. The van der Waals surface area contributed by atoms with Crippen molar-refractivity contribution in [3.63, 3.8) is 0 Å². The number of fused-ring (bicyclic) bond motifs is 2. The molecule has 1 aromatic carbocycles. The molecule has 2 heterocycles. The Bertz CT molecular complexity index is 701. The van der Waals surface area contributed by atoms with Crippen molar-refractivity contribution in [3.8, 4) is 0 Å². The lowest BCUT2D eigenvalue weighted by Gasteiger charge is -2.24. The van der Waals surface area contributed by atoms with E-state index in [9.17, 15) is 14.7 Å². The maximum atomic E-state index is 12.7. The van der Waals surface area contributed by atoms with Crippen LogP contribution in [0.4, 0.5) is 0 Å². The van der Waals surface area contributed by atoms with E-state index < -0.39 is 30.0 Å². The minimum atomic E-state index is -0.987. The number of aliphatic carboxylic acids is 1. The summed E-state index contributed by atoms with van der Waals surface area (Å²) in [5.41, 5.74) is 2.30. The summed E-state index contributed by atoms with van der Waals surface area (Å²) in [5.74, 6) is -2.75. The van der Waals surface area contributed by atoms with Crippen LogP contribution in [0.5, 0.6) is 0 Å². The summed E-state index contributed by atoms with van der Waals surface area (Å²) in [6, 6.07) is 7.97. The van der Waals surface area contributed by atoms with Crippen LogP contribution < -0.4 is 5.32 Å². The van der Waals surface area contributed by atoms with Gasteiger partial charge in [0.15, 0.2) is 0 Å². The normalized spacial score (nSPS) is 28.8. The lowest BCUT2D eigenvalue weighted by atomic mass is 9.82. The molecule has 134 valence electrons. The molecule has 2 bridgehead atoms. The molecule has 5 atom stereocenters. The van der Waals surface area contributed by atoms with Crippen LogP contribution in [0.15, 0.2) is 36.4 Å². The molecule has 5 nitrogen and oxygen atoms in total. The van der Waals surface area contributed by atoms with Crippen LogP contribution in [0.2, 0.25) is 0 Å². The topological polar surface area (TPSA) is 75.6 Å². The first-order valence-corrected chi connectivity index (χ1v) is 8.66. The van der Waals surface area contributed by atoms with Gasteiger partial charge in [0, 0.05) is 0 Å². The highest BCUT2D eigenvalue weighted by atomic mass is 16.5. The molecule has 5 heteroatoms. The maximum Gasteiger partial charge on any atom is 0.310 e. The molecule has 0 unspecified atom stereocenters. The number of amides is 1. The highest BCUT2D eigenvalue weighted by Gasteiger charge is 2.53. The van der Waals surface area contributed by atoms with Gasteiger partial charge in [0.05, 0.1) is 24.2 Å². The number of hydrogen-bond donors (Lipinski definition) is 2. The van der Waals surface area contributed by atoms with Crippen molar-refractivity contribution in [2.24, 2.45) is 11.8 Å². The van der Waals surface area contributed by atoms with Gasteiger partial charge in [-0.05, 0) is 23.5 Å². The van der Waals surface area contributed by atoms with Gasteiger partial charge < -0.3 is 15.2 Å². The largest absolute Gasteiger partial charge is 0.481 e. The van der Waals surface area contributed by atoms with E-state index in [1.54, 1.807) is 12.2 Å². The Kier molecular flexibility index (Phi) is 4.45. The number of carbonyl (C=O) groups is 2. The van der Waals surface area contributed by atoms with E-state index in [0.717, 1.165) is 5.56 Å². The second-order valence-corrected chi connectivity index (χ2v) is 7.94. The quantitative estimate of drug-likeness (QED) is 0.824. The average Bonchev–Trinajstić information content (AvgIpc) is 3.14. The monoisotopic (exact) mass is 343 g/mol. The van der Waals surface area contributed by atoms with E-state index in [2.05, 4.69) is 38.2 Å². The Labute approximate surface area is 148 Å². The predicted octanol–water partition coefficient (Wildman–Crippen LogP) is 2.82. The van der Waals surface area contributed by atoms with Crippen LogP contribution in [-0.2, 0) is 19.7 Å². The fourth-order valence-corrected chi connectivity index (χ4v) is 3.58. The third-order valence-corrected chi connectivity index (χ3v) is 5.12. The lowest BCUT2D eigenvalue weighted by Crippen LogP contribution is -2.43. The number of benzene rings is 1. The third kappa shape index (κ3) is 3.33. The Hall–Kier alpha value is -2.14. The smallest absolute Gasteiger partial charge is 0.310 e. The molecule has 0 spiro atoms. The first-order chi connectivity index (χ1) is 11.7. The molecule has 3 rings (SSSR count). The fraction of sp³-hybridized carbons (Fsp3) is 0.500. The zero-order valence-corrected chi connectivity index (χ0v) is 15.0. The first kappa shape index (κ1) is 17.7. The van der Waals surface area contributed by atoms with E-state index in [-0.39, 0.29) is 17.4 Å². The number of hydrogen-bond acceptors (Lipinski definition) is 3. The minimum Gasteiger partial charge on any atom is -0.481 e. The number of nitrogens with one attached hydrogen (secondary N) is 1. The minimum absolute atomic E-state index is 0.0759. The molecule has 0 radical (unpaired) electrons. The van der Waals surface area contributed by atoms with Gasteiger partial charge in [0.25, 0.3) is 0 Å². The highest BCUT2D eigenvalue weighted by molar-refractivity contribution is 5.87. The molecule has 2 aliphatic heterocycles. The zero-order valence-electron chi connectivity index (χ0n) is 15.0. The van der Waals surface area contributed by atoms with E-state index in [0.29, 0.717) is 0 Å². The fourth-order valence-electron chi connectivity index (χ4n) is 3.58. The van der Waals surface area contributed by atoms with Crippen molar-refractivity contribution in [3.05, 3.63) is 47.5 Å². The number of carboxylic acid groups (broad SMARTS) is 1. The third-order valence-electron chi connectivity index (χ3n) is 5.12. The van der Waals surface area contributed by atoms with E-state index in [1.165, 1.54) is 5.56 Å². The van der Waals surface area contributed by atoms with Gasteiger partial charge in [0.2, 0.25) is 5.91 Å². The standard InChI is InChI=1S/C20H25NO4/c1-11(12-5-7-13(8-6-12)20(2,3)4)21-18(22)16-14-9-10-15(25-14)17(16)19(23)24/h5-11,14-17H,1-4H3,(H,21,22)(H,23,24)/t11-,14+,15+,16-,17-/m0/s1. The summed E-state index contributed by atoms with van der Waals surface area (Å²) in [5, 5.41) is 12.4.